The summed E-state index contributed by atoms with van der Waals surface area (Å²) < 4.78 is 42.5. The smallest absolute Gasteiger partial charge is 0.397 e. The number of benzene rings is 1. The average Bonchev–Trinajstić information content (AvgIpc) is 3.71. The number of nitrogen functional groups attached to an aromatic ring is 1. The number of phosphoric ester groups is 1. The van der Waals surface area contributed by atoms with Gasteiger partial charge in [0.15, 0.2) is 0 Å². The fourth-order valence-electron chi connectivity index (χ4n) is 6.69. The van der Waals surface area contributed by atoms with Crippen LogP contribution in [0.3, 0.4) is 0 Å². The van der Waals surface area contributed by atoms with Crippen LogP contribution in [0.25, 0.3) is 5.52 Å². The number of hydrogen-bond acceptors (Lipinski definition) is 11. The predicted molar refractivity (Wildman–Crippen MR) is 206 cm³/mol. The largest absolute Gasteiger partial charge is 0.472 e. The zero-order chi connectivity index (χ0) is 38.8. The first kappa shape index (κ1) is 43.8. The summed E-state index contributed by atoms with van der Waals surface area (Å²) in [5.41, 5.74) is 5.88. The van der Waals surface area contributed by atoms with Crippen molar-refractivity contribution in [2.24, 2.45) is 5.92 Å². The summed E-state index contributed by atoms with van der Waals surface area (Å²) in [7, 11) is -4.70. The molecule has 0 saturated carbocycles. The molecule has 1 fully saturated rings. The fraction of sp³-hybridized carbons (Fsp3) is 0.650. The molecule has 300 valence electrons. The standard InChI is InChI=1S/C40H61N4O9P/c1-31(2)18-14-11-9-7-5-3-4-6-8-10-12-17-25-49-27-33(50-26-32-19-15-13-16-20-32)28-51-54(47,48)52-29-36-38(45)39(46)40(30-41,53-36)37-22-21-35-34(42)23-24-43-44(35)37/h13,15-16,19-24,31,33,36,38-39,45-46H,3-12,14,17-18,25-29,42H2,1-2H3,(H,47,48)/t33-,36-,38-,39-,40+/m1/s1. The van der Waals surface area contributed by atoms with Crippen molar-refractivity contribution < 1.29 is 42.9 Å². The molecule has 0 spiro atoms. The van der Waals surface area contributed by atoms with Gasteiger partial charge in [0.2, 0.25) is 5.60 Å². The summed E-state index contributed by atoms with van der Waals surface area (Å²) >= 11 is 0. The van der Waals surface area contributed by atoms with Crippen LogP contribution in [0.5, 0.6) is 0 Å². The summed E-state index contributed by atoms with van der Waals surface area (Å²) in [5.74, 6) is 0.816. The van der Waals surface area contributed by atoms with Gasteiger partial charge in [-0.2, -0.15) is 10.4 Å². The van der Waals surface area contributed by atoms with Crippen molar-refractivity contribution in [3.05, 3.63) is 66.0 Å². The number of aromatic nitrogens is 2. The van der Waals surface area contributed by atoms with Crippen molar-refractivity contribution in [2.75, 3.05) is 32.2 Å². The zero-order valence-electron chi connectivity index (χ0n) is 32.0. The van der Waals surface area contributed by atoms with Gasteiger partial charge in [0.05, 0.1) is 43.3 Å². The van der Waals surface area contributed by atoms with Gasteiger partial charge in [-0.3, -0.25) is 9.05 Å². The van der Waals surface area contributed by atoms with Gasteiger partial charge in [0.25, 0.3) is 0 Å². The van der Waals surface area contributed by atoms with Gasteiger partial charge >= 0.3 is 7.82 Å². The summed E-state index contributed by atoms with van der Waals surface area (Å²) in [6.07, 6.45) is 12.5. The van der Waals surface area contributed by atoms with Crippen LogP contribution in [0.15, 0.2) is 54.7 Å². The maximum absolute atomic E-state index is 13.0. The Morgan fingerprint density at radius 2 is 1.57 bits per heavy atom. The number of anilines is 1. The van der Waals surface area contributed by atoms with E-state index in [0.717, 1.165) is 24.3 Å². The lowest BCUT2D eigenvalue weighted by Crippen LogP contribution is -2.41. The first-order valence-electron chi connectivity index (χ1n) is 19.6. The van der Waals surface area contributed by atoms with E-state index in [9.17, 15) is 24.9 Å². The van der Waals surface area contributed by atoms with E-state index in [1.54, 1.807) is 12.1 Å². The number of nitrogens with two attached hydrogens (primary N) is 1. The third kappa shape index (κ3) is 13.4. The molecule has 4 rings (SSSR count). The van der Waals surface area contributed by atoms with Crippen LogP contribution >= 0.6 is 7.82 Å². The van der Waals surface area contributed by atoms with E-state index in [1.165, 1.54) is 87.4 Å². The Morgan fingerprint density at radius 3 is 2.22 bits per heavy atom. The average molecular weight is 773 g/mol. The molecule has 0 radical (unpaired) electrons. The van der Waals surface area contributed by atoms with Gasteiger partial charge in [0, 0.05) is 12.8 Å². The Kier molecular flexibility index (Phi) is 18.4. The highest BCUT2D eigenvalue weighted by Gasteiger charge is 2.58. The SMILES string of the molecule is CC(C)CCCCCCCCCCCCCCOC[C@H](COP(=O)(O)OC[C@H]1O[C@@](C#N)(c2ccc3c(N)ccnn23)[C@H](O)[C@@H]1O)OCc1ccccc1. The number of nitriles is 1. The Hall–Kier alpha value is -2.89. The first-order valence-corrected chi connectivity index (χ1v) is 21.1. The number of aliphatic hydroxyl groups is 2. The lowest BCUT2D eigenvalue weighted by atomic mass is 9.92. The number of phosphoric acid groups is 1. The molecule has 2 aromatic heterocycles. The Bertz CT molecular complexity index is 1600. The van der Waals surface area contributed by atoms with E-state index in [4.69, 9.17) is 29.0 Å². The minimum atomic E-state index is -4.70. The molecule has 54 heavy (non-hydrogen) atoms. The number of hydrogen-bond donors (Lipinski definition) is 4. The van der Waals surface area contributed by atoms with Crippen LogP contribution in [0.2, 0.25) is 0 Å². The maximum atomic E-state index is 13.0. The lowest BCUT2D eigenvalue weighted by Gasteiger charge is -2.24. The molecule has 3 aromatic rings. The van der Waals surface area contributed by atoms with Crippen molar-refractivity contribution in [1.29, 1.82) is 5.26 Å². The van der Waals surface area contributed by atoms with E-state index in [2.05, 4.69) is 18.9 Å². The summed E-state index contributed by atoms with van der Waals surface area (Å²) in [4.78, 5) is 10.5. The van der Waals surface area contributed by atoms with E-state index in [1.807, 2.05) is 36.4 Å². The molecule has 13 nitrogen and oxygen atoms in total. The van der Waals surface area contributed by atoms with Crippen molar-refractivity contribution in [3.8, 4) is 6.07 Å². The molecular weight excluding hydrogens is 711 g/mol. The highest BCUT2D eigenvalue weighted by atomic mass is 31.2. The van der Waals surface area contributed by atoms with Crippen LogP contribution in [0, 0.1) is 17.2 Å². The third-order valence-electron chi connectivity index (χ3n) is 9.87. The number of unbranched alkanes of at least 4 members (excludes halogenated alkanes) is 11. The van der Waals surface area contributed by atoms with Crippen LogP contribution in [-0.4, -0.2) is 75.6 Å². The molecule has 1 saturated heterocycles. The van der Waals surface area contributed by atoms with Crippen molar-refractivity contribution in [2.45, 2.75) is 134 Å². The minimum Gasteiger partial charge on any atom is -0.397 e. The molecule has 6 atom stereocenters. The molecule has 0 bridgehead atoms. The number of rotatable bonds is 27. The van der Waals surface area contributed by atoms with Gasteiger partial charge < -0.3 is 35.1 Å². The second kappa shape index (κ2) is 22.6. The predicted octanol–water partition coefficient (Wildman–Crippen LogP) is 7.22. The van der Waals surface area contributed by atoms with Crippen molar-refractivity contribution in [1.82, 2.24) is 9.61 Å². The number of fused-ring (bicyclic) bond motifs is 1. The van der Waals surface area contributed by atoms with Crippen LogP contribution in [-0.2, 0) is 40.0 Å². The van der Waals surface area contributed by atoms with Crippen molar-refractivity contribution in [3.63, 3.8) is 0 Å². The van der Waals surface area contributed by atoms with E-state index >= 15 is 0 Å². The summed E-state index contributed by atoms with van der Waals surface area (Å²) in [6.45, 7) is 4.56. The van der Waals surface area contributed by atoms with Gasteiger partial charge in [-0.15, -0.1) is 0 Å². The highest BCUT2D eigenvalue weighted by Crippen LogP contribution is 2.46. The van der Waals surface area contributed by atoms with Crippen LogP contribution in [0.4, 0.5) is 5.69 Å². The van der Waals surface area contributed by atoms with Crippen molar-refractivity contribution >= 4 is 19.0 Å². The van der Waals surface area contributed by atoms with Gasteiger partial charge in [-0.05, 0) is 36.1 Å². The molecule has 14 heteroatoms. The first-order chi connectivity index (χ1) is 26.1. The molecule has 0 amide bonds. The van der Waals surface area contributed by atoms with E-state index in [0.29, 0.717) is 17.8 Å². The van der Waals surface area contributed by atoms with E-state index < -0.39 is 44.4 Å². The molecular formula is C40H61N4O9P. The van der Waals surface area contributed by atoms with Gasteiger partial charge in [0.1, 0.15) is 30.5 Å². The molecule has 1 aliphatic heterocycles. The number of aliphatic hydroxyl groups excluding tert-OH is 2. The summed E-state index contributed by atoms with van der Waals surface area (Å²) in [6, 6.07) is 16.2. The topological polar surface area (TPSA) is 191 Å². The lowest BCUT2D eigenvalue weighted by molar-refractivity contribution is -0.0690. The monoisotopic (exact) mass is 772 g/mol. The quantitative estimate of drug-likeness (QED) is 0.0450. The fourth-order valence-corrected chi connectivity index (χ4v) is 7.45. The van der Waals surface area contributed by atoms with Crippen LogP contribution < -0.4 is 5.73 Å². The molecule has 3 heterocycles. The maximum Gasteiger partial charge on any atom is 0.472 e. The van der Waals surface area contributed by atoms with E-state index in [-0.39, 0.29) is 25.5 Å². The van der Waals surface area contributed by atoms with Gasteiger partial charge in [-0.25, -0.2) is 9.08 Å². The third-order valence-corrected chi connectivity index (χ3v) is 10.8. The molecule has 1 aromatic carbocycles. The number of nitrogens with zero attached hydrogens (tertiary/aromatic N) is 3. The summed E-state index contributed by atoms with van der Waals surface area (Å²) in [5, 5.41) is 36.1. The highest BCUT2D eigenvalue weighted by molar-refractivity contribution is 7.47. The molecule has 5 N–H and O–H groups in total. The molecule has 0 aliphatic carbocycles. The second-order valence-corrected chi connectivity index (χ2v) is 16.2. The normalized spacial score (nSPS) is 21.8. The Morgan fingerprint density at radius 1 is 0.926 bits per heavy atom. The minimum absolute atomic E-state index is 0.132. The van der Waals surface area contributed by atoms with Crippen LogP contribution in [0.1, 0.15) is 109 Å². The second-order valence-electron chi connectivity index (χ2n) is 14.7. The molecule has 1 unspecified atom stereocenters. The number of ether oxygens (including phenoxy) is 3. The molecule has 1 aliphatic rings. The zero-order valence-corrected chi connectivity index (χ0v) is 32.9. The Labute approximate surface area is 320 Å². The van der Waals surface area contributed by atoms with Gasteiger partial charge in [-0.1, -0.05) is 121 Å². The Balaban J connectivity index is 1.17.